The second-order valence-electron chi connectivity index (χ2n) is 3.92. The molecule has 0 saturated carbocycles. The zero-order chi connectivity index (χ0) is 12.8. The Labute approximate surface area is 100 Å². The van der Waals surface area contributed by atoms with Gasteiger partial charge in [-0.25, -0.2) is 9.59 Å². The van der Waals surface area contributed by atoms with Crippen molar-refractivity contribution in [1.29, 1.82) is 0 Å². The van der Waals surface area contributed by atoms with Crippen LogP contribution in [0.15, 0.2) is 4.99 Å². The third kappa shape index (κ3) is 3.93. The van der Waals surface area contributed by atoms with Gasteiger partial charge in [-0.1, -0.05) is 0 Å². The minimum atomic E-state index is -0.483. The first-order chi connectivity index (χ1) is 8.04. The average molecular weight is 242 g/mol. The van der Waals surface area contributed by atoms with Gasteiger partial charge in [-0.3, -0.25) is 5.32 Å². The Balaban J connectivity index is 2.56. The summed E-state index contributed by atoms with van der Waals surface area (Å²) in [6.07, 6.45) is 2.01. The van der Waals surface area contributed by atoms with Crippen LogP contribution in [0.3, 0.4) is 0 Å². The first-order valence-corrected chi connectivity index (χ1v) is 5.44. The Morgan fingerprint density at radius 1 is 1.29 bits per heavy atom. The summed E-state index contributed by atoms with van der Waals surface area (Å²) < 4.78 is 4.85. The fourth-order valence-electron chi connectivity index (χ4n) is 1.40. The topological polar surface area (TPSA) is 74.2 Å². The van der Waals surface area contributed by atoms with Crippen LogP contribution >= 0.6 is 0 Å². The lowest BCUT2D eigenvalue weighted by Gasteiger charge is -2.16. The van der Waals surface area contributed by atoms with Crippen molar-refractivity contribution in [2.45, 2.75) is 12.8 Å². The number of carbonyl (C=O) groups excluding carboxylic acids is 2. The SMILES string of the molecule is COC(=NC(=O)N(C)C)NC(=O)N1CCCC1. The number of aliphatic imine (C=N–C) groups is 1. The highest BCUT2D eigenvalue weighted by atomic mass is 16.5. The monoisotopic (exact) mass is 242 g/mol. The van der Waals surface area contributed by atoms with Crippen LogP contribution < -0.4 is 5.32 Å². The van der Waals surface area contributed by atoms with Crippen LogP contribution in [-0.4, -0.2) is 62.2 Å². The van der Waals surface area contributed by atoms with Gasteiger partial charge in [0.1, 0.15) is 0 Å². The van der Waals surface area contributed by atoms with E-state index in [1.54, 1.807) is 19.0 Å². The third-order valence-electron chi connectivity index (χ3n) is 2.38. The maximum atomic E-state index is 11.7. The van der Waals surface area contributed by atoms with Gasteiger partial charge in [-0.2, -0.15) is 0 Å². The normalized spacial score (nSPS) is 15.7. The van der Waals surface area contributed by atoms with Crippen LogP contribution in [-0.2, 0) is 4.74 Å². The molecular weight excluding hydrogens is 224 g/mol. The fraction of sp³-hybridized carbons (Fsp3) is 0.700. The molecular formula is C10H18N4O3. The van der Waals surface area contributed by atoms with Crippen molar-refractivity contribution < 1.29 is 14.3 Å². The Hall–Kier alpha value is -1.79. The summed E-state index contributed by atoms with van der Waals surface area (Å²) in [5, 5.41) is 2.46. The van der Waals surface area contributed by atoms with Gasteiger partial charge >= 0.3 is 18.1 Å². The number of carbonyl (C=O) groups is 2. The summed E-state index contributed by atoms with van der Waals surface area (Å²) in [5.74, 6) is 0. The largest absolute Gasteiger partial charge is 0.468 e. The lowest BCUT2D eigenvalue weighted by Crippen LogP contribution is -2.42. The number of amides is 4. The minimum Gasteiger partial charge on any atom is -0.468 e. The van der Waals surface area contributed by atoms with Gasteiger partial charge in [0.15, 0.2) is 0 Å². The van der Waals surface area contributed by atoms with E-state index in [0.29, 0.717) is 0 Å². The van der Waals surface area contributed by atoms with Crippen molar-refractivity contribution in [2.75, 3.05) is 34.3 Å². The molecule has 96 valence electrons. The van der Waals surface area contributed by atoms with Crippen molar-refractivity contribution >= 4 is 18.1 Å². The van der Waals surface area contributed by atoms with Gasteiger partial charge in [-0.15, -0.1) is 4.99 Å². The summed E-state index contributed by atoms with van der Waals surface area (Å²) in [7, 11) is 4.49. The second-order valence-corrected chi connectivity index (χ2v) is 3.92. The Kier molecular flexibility index (Phi) is 4.74. The number of methoxy groups -OCH3 is 1. The summed E-state index contributed by atoms with van der Waals surface area (Å²) in [5.41, 5.74) is 0. The molecule has 0 atom stereocenters. The lowest BCUT2D eigenvalue weighted by atomic mass is 10.4. The molecule has 17 heavy (non-hydrogen) atoms. The van der Waals surface area contributed by atoms with E-state index in [4.69, 9.17) is 4.74 Å². The van der Waals surface area contributed by atoms with Crippen molar-refractivity contribution in [1.82, 2.24) is 15.1 Å². The van der Waals surface area contributed by atoms with Crippen LogP contribution in [0, 0.1) is 0 Å². The number of nitrogens with one attached hydrogen (secondary N) is 1. The Bertz CT molecular complexity index is 322. The van der Waals surface area contributed by atoms with Crippen molar-refractivity contribution in [3.8, 4) is 0 Å². The van der Waals surface area contributed by atoms with Gasteiger partial charge in [0, 0.05) is 27.2 Å². The van der Waals surface area contributed by atoms with E-state index in [9.17, 15) is 9.59 Å². The molecule has 7 heteroatoms. The number of likely N-dealkylation sites (tertiary alicyclic amines) is 1. The number of rotatable bonds is 0. The molecule has 4 amide bonds. The molecule has 0 bridgehead atoms. The highest BCUT2D eigenvalue weighted by Crippen LogP contribution is 2.06. The summed E-state index contributed by atoms with van der Waals surface area (Å²) in [4.78, 5) is 29.6. The Morgan fingerprint density at radius 2 is 1.88 bits per heavy atom. The van der Waals surface area contributed by atoms with E-state index in [1.807, 2.05) is 0 Å². The first kappa shape index (κ1) is 13.3. The maximum Gasteiger partial charge on any atom is 0.347 e. The molecule has 0 spiro atoms. The molecule has 0 aromatic carbocycles. The van der Waals surface area contributed by atoms with Crippen molar-refractivity contribution in [3.05, 3.63) is 0 Å². The third-order valence-corrected chi connectivity index (χ3v) is 2.38. The van der Waals surface area contributed by atoms with Gasteiger partial charge in [0.2, 0.25) is 0 Å². The fourth-order valence-corrected chi connectivity index (χ4v) is 1.40. The average Bonchev–Trinajstić information content (AvgIpc) is 2.81. The van der Waals surface area contributed by atoms with E-state index < -0.39 is 6.03 Å². The maximum absolute atomic E-state index is 11.7. The van der Waals surface area contributed by atoms with Gasteiger partial charge < -0.3 is 14.5 Å². The molecule has 0 unspecified atom stereocenters. The zero-order valence-electron chi connectivity index (χ0n) is 10.4. The smallest absolute Gasteiger partial charge is 0.347 e. The summed E-state index contributed by atoms with van der Waals surface area (Å²) >= 11 is 0. The van der Waals surface area contributed by atoms with E-state index in [-0.39, 0.29) is 12.1 Å². The van der Waals surface area contributed by atoms with Crippen LogP contribution in [0.2, 0.25) is 0 Å². The van der Waals surface area contributed by atoms with Crippen LogP contribution in [0.5, 0.6) is 0 Å². The van der Waals surface area contributed by atoms with E-state index in [2.05, 4.69) is 10.3 Å². The molecule has 0 aromatic rings. The molecule has 0 radical (unpaired) electrons. The summed E-state index contributed by atoms with van der Waals surface area (Å²) in [6.45, 7) is 1.45. The molecule has 1 N–H and O–H groups in total. The molecule has 1 rings (SSSR count). The second kappa shape index (κ2) is 6.07. The molecule has 1 aliphatic rings. The number of hydrogen-bond donors (Lipinski definition) is 1. The van der Waals surface area contributed by atoms with E-state index >= 15 is 0 Å². The van der Waals surface area contributed by atoms with Crippen LogP contribution in [0.25, 0.3) is 0 Å². The summed E-state index contributed by atoms with van der Waals surface area (Å²) in [6, 6.07) is -0.848. The highest BCUT2D eigenvalue weighted by Gasteiger charge is 2.19. The van der Waals surface area contributed by atoms with E-state index in [0.717, 1.165) is 25.9 Å². The first-order valence-electron chi connectivity index (χ1n) is 5.44. The molecule has 7 nitrogen and oxygen atoms in total. The van der Waals surface area contributed by atoms with Gasteiger partial charge in [-0.05, 0) is 12.8 Å². The zero-order valence-corrected chi connectivity index (χ0v) is 10.4. The standard InChI is InChI=1S/C10H18N4O3/c1-13(2)9(15)11-8(17-3)12-10(16)14-6-4-5-7-14/h4-7H2,1-3H3,(H,11,12,15,16). The molecule has 1 fully saturated rings. The predicted molar refractivity (Wildman–Crippen MR) is 62.9 cm³/mol. The predicted octanol–water partition coefficient (Wildman–Crippen LogP) is 0.476. The van der Waals surface area contributed by atoms with Crippen molar-refractivity contribution in [2.24, 2.45) is 4.99 Å². The Morgan fingerprint density at radius 3 is 2.35 bits per heavy atom. The molecule has 1 aliphatic heterocycles. The number of hydrogen-bond acceptors (Lipinski definition) is 3. The van der Waals surface area contributed by atoms with E-state index in [1.165, 1.54) is 12.0 Å². The highest BCUT2D eigenvalue weighted by molar-refractivity contribution is 5.98. The number of nitrogens with zero attached hydrogens (tertiary/aromatic N) is 3. The molecule has 1 heterocycles. The van der Waals surface area contributed by atoms with Gasteiger partial charge in [0.05, 0.1) is 7.11 Å². The van der Waals surface area contributed by atoms with Crippen LogP contribution in [0.4, 0.5) is 9.59 Å². The minimum absolute atomic E-state index is 0.0828. The lowest BCUT2D eigenvalue weighted by molar-refractivity contribution is 0.210. The van der Waals surface area contributed by atoms with Gasteiger partial charge in [0.25, 0.3) is 0 Å². The number of ether oxygens (including phenoxy) is 1. The number of urea groups is 2. The van der Waals surface area contributed by atoms with Crippen molar-refractivity contribution in [3.63, 3.8) is 0 Å². The molecule has 0 aromatic heterocycles. The molecule has 1 saturated heterocycles. The quantitative estimate of drug-likeness (QED) is 0.496. The number of amidine groups is 1. The molecule has 0 aliphatic carbocycles. The van der Waals surface area contributed by atoms with Crippen LogP contribution in [0.1, 0.15) is 12.8 Å².